The van der Waals surface area contributed by atoms with Crippen molar-refractivity contribution in [3.05, 3.63) is 36.3 Å². The minimum Gasteiger partial charge on any atom is -0.477 e. The number of fused-ring (bicyclic) bond motifs is 1. The molecule has 2 fully saturated rings. The van der Waals surface area contributed by atoms with Crippen molar-refractivity contribution in [3.8, 4) is 5.88 Å². The summed E-state index contributed by atoms with van der Waals surface area (Å²) in [4.78, 5) is 31.0. The molecule has 0 aromatic carbocycles. The maximum Gasteiger partial charge on any atom is 0.251 e. The van der Waals surface area contributed by atoms with Crippen molar-refractivity contribution in [3.63, 3.8) is 0 Å². The molecule has 1 saturated heterocycles. The molecule has 1 aliphatic heterocycles. The van der Waals surface area contributed by atoms with Crippen molar-refractivity contribution in [2.45, 2.75) is 31.7 Å². The standard InChI is InChI=1S/C25H32N8O5S/c1-39(35,36)32-19-10-20-21(27-14-19)11-22(33-6-8-37-9-7-33)31-24(20)38-15-16-2-4-18(5-3-16)30-25-28-12-17(13-29-25)23(26)34/h10-14,16,18,32H,2-9,15H2,1H3,(H2,26,34)(H,28,29,30). The monoisotopic (exact) mass is 556 g/mol. The van der Waals surface area contributed by atoms with Gasteiger partial charge < -0.3 is 25.4 Å². The molecule has 3 aromatic rings. The summed E-state index contributed by atoms with van der Waals surface area (Å²) in [6.45, 7) is 3.17. The first-order valence-corrected chi connectivity index (χ1v) is 14.7. The summed E-state index contributed by atoms with van der Waals surface area (Å²) in [6, 6.07) is 3.82. The number of nitrogens with one attached hydrogen (secondary N) is 2. The lowest BCUT2D eigenvalue weighted by Crippen LogP contribution is -2.36. The molecule has 208 valence electrons. The number of morpholine rings is 1. The molecule has 0 spiro atoms. The van der Waals surface area contributed by atoms with Gasteiger partial charge in [0.1, 0.15) is 5.82 Å². The van der Waals surface area contributed by atoms with Crippen LogP contribution in [0, 0.1) is 5.92 Å². The minimum absolute atomic E-state index is 0.220. The van der Waals surface area contributed by atoms with E-state index in [0.29, 0.717) is 54.2 Å². The largest absolute Gasteiger partial charge is 0.477 e. The lowest BCUT2D eigenvalue weighted by Gasteiger charge is -2.30. The zero-order valence-corrected chi connectivity index (χ0v) is 22.5. The van der Waals surface area contributed by atoms with E-state index in [1.807, 2.05) is 6.07 Å². The Morgan fingerprint density at radius 1 is 1.10 bits per heavy atom. The summed E-state index contributed by atoms with van der Waals surface area (Å²) in [5.74, 6) is 1.43. The second kappa shape index (κ2) is 11.5. The molecule has 4 heterocycles. The number of sulfonamides is 1. The number of hydrogen-bond acceptors (Lipinski definition) is 11. The lowest BCUT2D eigenvalue weighted by atomic mass is 9.86. The van der Waals surface area contributed by atoms with Crippen LogP contribution in [0.15, 0.2) is 30.7 Å². The number of rotatable bonds is 9. The number of anilines is 3. The molecule has 14 heteroatoms. The molecule has 13 nitrogen and oxygen atoms in total. The fraction of sp³-hybridized carbons (Fsp3) is 0.480. The van der Waals surface area contributed by atoms with Gasteiger partial charge in [-0.2, -0.15) is 4.98 Å². The Morgan fingerprint density at radius 3 is 2.49 bits per heavy atom. The predicted molar refractivity (Wildman–Crippen MR) is 146 cm³/mol. The summed E-state index contributed by atoms with van der Waals surface area (Å²) in [5, 5.41) is 3.97. The van der Waals surface area contributed by atoms with Gasteiger partial charge in [0.05, 0.1) is 54.4 Å². The van der Waals surface area contributed by atoms with Gasteiger partial charge in [-0.15, -0.1) is 0 Å². The van der Waals surface area contributed by atoms with Crippen LogP contribution < -0.4 is 25.4 Å². The average molecular weight is 557 g/mol. The Hall–Kier alpha value is -3.78. The first-order valence-electron chi connectivity index (χ1n) is 12.9. The van der Waals surface area contributed by atoms with Crippen LogP contribution in [0.3, 0.4) is 0 Å². The van der Waals surface area contributed by atoms with Crippen molar-refractivity contribution in [1.29, 1.82) is 0 Å². The summed E-state index contributed by atoms with van der Waals surface area (Å²) in [6.07, 6.45) is 9.16. The number of aromatic nitrogens is 4. The first-order chi connectivity index (χ1) is 18.7. The van der Waals surface area contributed by atoms with E-state index in [1.54, 1.807) is 6.07 Å². The Kier molecular flexibility index (Phi) is 7.93. The van der Waals surface area contributed by atoms with Crippen LogP contribution in [0.2, 0.25) is 0 Å². The number of carbonyl (C=O) groups excluding carboxylic acids is 1. The Balaban J connectivity index is 1.26. The van der Waals surface area contributed by atoms with Crippen molar-refractivity contribution in [2.24, 2.45) is 11.7 Å². The molecular formula is C25H32N8O5S. The summed E-state index contributed by atoms with van der Waals surface area (Å²) < 4.78 is 37.8. The van der Waals surface area contributed by atoms with E-state index >= 15 is 0 Å². The molecule has 0 unspecified atom stereocenters. The molecule has 0 atom stereocenters. The maximum atomic E-state index is 11.8. The molecule has 4 N–H and O–H groups in total. The lowest BCUT2D eigenvalue weighted by molar-refractivity contribution is 0.0999. The number of carbonyl (C=O) groups is 1. The maximum absolute atomic E-state index is 11.8. The van der Waals surface area contributed by atoms with E-state index in [-0.39, 0.29) is 11.6 Å². The van der Waals surface area contributed by atoms with Crippen molar-refractivity contribution >= 4 is 44.3 Å². The highest BCUT2D eigenvalue weighted by Gasteiger charge is 2.24. The molecule has 1 saturated carbocycles. The van der Waals surface area contributed by atoms with Gasteiger partial charge >= 0.3 is 0 Å². The SMILES string of the molecule is CS(=O)(=O)Nc1cnc2cc(N3CCOCC3)nc(OCC3CCC(Nc4ncc(C(N)=O)cn4)CC3)c2c1. The zero-order chi connectivity index (χ0) is 27.4. The molecule has 1 amide bonds. The van der Waals surface area contributed by atoms with E-state index in [2.05, 4.69) is 29.9 Å². The third-order valence-corrected chi connectivity index (χ3v) is 7.45. The van der Waals surface area contributed by atoms with Gasteiger partial charge in [0, 0.05) is 37.6 Å². The molecule has 1 aliphatic carbocycles. The van der Waals surface area contributed by atoms with Crippen LogP contribution in [0.1, 0.15) is 36.0 Å². The van der Waals surface area contributed by atoms with Crippen LogP contribution in [0.25, 0.3) is 10.9 Å². The van der Waals surface area contributed by atoms with Crippen LogP contribution in [-0.2, 0) is 14.8 Å². The van der Waals surface area contributed by atoms with Crippen molar-refractivity contribution < 1.29 is 22.7 Å². The van der Waals surface area contributed by atoms with Crippen LogP contribution in [-0.4, -0.2) is 79.5 Å². The third kappa shape index (κ3) is 7.00. The number of pyridine rings is 2. The van der Waals surface area contributed by atoms with Crippen LogP contribution in [0.5, 0.6) is 5.88 Å². The third-order valence-electron chi connectivity index (χ3n) is 6.84. The Labute approximate surface area is 226 Å². The second-order valence-corrected chi connectivity index (χ2v) is 11.6. The number of hydrogen-bond donors (Lipinski definition) is 3. The van der Waals surface area contributed by atoms with Crippen LogP contribution >= 0.6 is 0 Å². The predicted octanol–water partition coefficient (Wildman–Crippen LogP) is 1.78. The zero-order valence-electron chi connectivity index (χ0n) is 21.7. The normalized spacial score (nSPS) is 20.0. The molecule has 0 bridgehead atoms. The topological polar surface area (TPSA) is 175 Å². The second-order valence-electron chi connectivity index (χ2n) is 9.88. The molecule has 39 heavy (non-hydrogen) atoms. The van der Waals surface area contributed by atoms with Gasteiger partial charge in [-0.3, -0.25) is 14.5 Å². The number of nitrogens with zero attached hydrogens (tertiary/aromatic N) is 5. The first kappa shape index (κ1) is 26.8. The van der Waals surface area contributed by atoms with E-state index in [9.17, 15) is 13.2 Å². The van der Waals surface area contributed by atoms with E-state index in [1.165, 1.54) is 18.6 Å². The van der Waals surface area contributed by atoms with Crippen LogP contribution in [0.4, 0.5) is 17.5 Å². The van der Waals surface area contributed by atoms with Crippen molar-refractivity contribution in [1.82, 2.24) is 19.9 Å². The number of nitrogens with two attached hydrogens (primary N) is 1. The van der Waals surface area contributed by atoms with E-state index in [0.717, 1.165) is 50.8 Å². The molecule has 3 aromatic heterocycles. The van der Waals surface area contributed by atoms with Gasteiger partial charge in [0.25, 0.3) is 5.91 Å². The number of ether oxygens (including phenoxy) is 2. The van der Waals surface area contributed by atoms with E-state index < -0.39 is 15.9 Å². The highest BCUT2D eigenvalue weighted by Crippen LogP contribution is 2.32. The molecular weight excluding hydrogens is 524 g/mol. The van der Waals surface area contributed by atoms with Gasteiger partial charge in [0.15, 0.2) is 0 Å². The fourth-order valence-corrected chi connectivity index (χ4v) is 5.34. The van der Waals surface area contributed by atoms with Gasteiger partial charge in [0.2, 0.25) is 21.9 Å². The smallest absolute Gasteiger partial charge is 0.251 e. The highest BCUT2D eigenvalue weighted by molar-refractivity contribution is 7.92. The summed E-state index contributed by atoms with van der Waals surface area (Å²) >= 11 is 0. The minimum atomic E-state index is -3.46. The van der Waals surface area contributed by atoms with Gasteiger partial charge in [-0.1, -0.05) is 0 Å². The quantitative estimate of drug-likeness (QED) is 0.350. The summed E-state index contributed by atoms with van der Waals surface area (Å²) in [7, 11) is -3.46. The van der Waals surface area contributed by atoms with Gasteiger partial charge in [-0.05, 0) is 37.7 Å². The van der Waals surface area contributed by atoms with E-state index in [4.69, 9.17) is 20.2 Å². The van der Waals surface area contributed by atoms with Gasteiger partial charge in [-0.25, -0.2) is 18.4 Å². The Bertz CT molecular complexity index is 1420. The Morgan fingerprint density at radius 2 is 1.82 bits per heavy atom. The molecule has 2 aliphatic rings. The van der Waals surface area contributed by atoms with Crippen molar-refractivity contribution in [2.75, 3.05) is 54.1 Å². The fourth-order valence-electron chi connectivity index (χ4n) is 4.80. The number of amides is 1. The molecule has 5 rings (SSSR count). The average Bonchev–Trinajstić information content (AvgIpc) is 2.92. The molecule has 0 radical (unpaired) electrons. The number of primary amides is 1. The summed E-state index contributed by atoms with van der Waals surface area (Å²) in [5.41, 5.74) is 6.55. The highest BCUT2D eigenvalue weighted by atomic mass is 32.2.